The minimum atomic E-state index is -0.248. The fourth-order valence-corrected chi connectivity index (χ4v) is 6.59. The van der Waals surface area contributed by atoms with E-state index in [0.29, 0.717) is 11.6 Å². The summed E-state index contributed by atoms with van der Waals surface area (Å²) in [6.07, 6.45) is 5.89. The first-order valence-electron chi connectivity index (χ1n) is 12.9. The van der Waals surface area contributed by atoms with E-state index < -0.39 is 0 Å². The quantitative estimate of drug-likeness (QED) is 0.199. The normalized spacial score (nSPS) is 15.8. The number of nitrogens with two attached hydrogens (primary N) is 1. The molecule has 9 nitrogen and oxygen atoms in total. The number of amides is 1. The Morgan fingerprint density at radius 1 is 1.18 bits per heavy atom. The number of hydrogen-bond acceptors (Lipinski definition) is 9. The number of benzene rings is 2. The number of hydrogen-bond donors (Lipinski definition) is 3. The summed E-state index contributed by atoms with van der Waals surface area (Å²) in [4.78, 5) is 28.3. The van der Waals surface area contributed by atoms with Crippen LogP contribution in [0.1, 0.15) is 12.8 Å². The monoisotopic (exact) mass is 590 g/mol. The highest BCUT2D eigenvalue weighted by Crippen LogP contribution is 2.35. The van der Waals surface area contributed by atoms with E-state index in [1.54, 1.807) is 29.5 Å². The lowest BCUT2D eigenvalue weighted by atomic mass is 10.1. The molecular weight excluding hydrogens is 564 g/mol. The highest BCUT2D eigenvalue weighted by Gasteiger charge is 2.23. The summed E-state index contributed by atoms with van der Waals surface area (Å²) in [5.74, 6) is 0.337. The Balaban J connectivity index is 1.25. The highest BCUT2D eigenvalue weighted by atomic mass is 35.5. The third-order valence-corrected chi connectivity index (χ3v) is 8.61. The minimum absolute atomic E-state index is 0.0784. The summed E-state index contributed by atoms with van der Waals surface area (Å²) < 4.78 is 4.41. The number of rotatable bonds is 8. The molecule has 1 fully saturated rings. The largest absolute Gasteiger partial charge is 0.350 e. The van der Waals surface area contributed by atoms with Gasteiger partial charge in [-0.15, -0.1) is 11.3 Å². The molecule has 5 aromatic rings. The van der Waals surface area contributed by atoms with Crippen LogP contribution in [0.5, 0.6) is 0 Å². The van der Waals surface area contributed by atoms with E-state index in [2.05, 4.69) is 19.9 Å². The topological polar surface area (TPSA) is 113 Å². The first kappa shape index (κ1) is 26.7. The average Bonchev–Trinajstić information content (AvgIpc) is 3.57. The van der Waals surface area contributed by atoms with Gasteiger partial charge in [0.2, 0.25) is 11.9 Å². The molecule has 1 aliphatic rings. The maximum Gasteiger partial charge on any atom is 0.238 e. The summed E-state index contributed by atoms with van der Waals surface area (Å²) in [6, 6.07) is 17.7. The van der Waals surface area contributed by atoms with Crippen molar-refractivity contribution in [3.05, 3.63) is 77.4 Å². The number of carbonyl (C=O) groups excluding carboxylic acids is 1. The number of carbonyl (C=O) groups is 1. The van der Waals surface area contributed by atoms with Crippen LogP contribution in [0.25, 0.3) is 27.6 Å². The number of thiazole rings is 1. The second-order valence-electron chi connectivity index (χ2n) is 9.38. The van der Waals surface area contributed by atoms with Gasteiger partial charge in [-0.25, -0.2) is 19.3 Å². The molecule has 4 N–H and O–H groups in total. The van der Waals surface area contributed by atoms with Crippen molar-refractivity contribution in [1.29, 1.82) is 0 Å². The number of fused-ring (bicyclic) bond motifs is 1. The number of aromatic nitrogens is 4. The average molecular weight is 591 g/mol. The number of imidazole rings is 1. The molecular formula is C28H27ClN8OS2. The van der Waals surface area contributed by atoms with Gasteiger partial charge in [0.25, 0.3) is 0 Å². The van der Waals surface area contributed by atoms with Gasteiger partial charge in [0.05, 0.1) is 17.9 Å². The molecule has 1 aliphatic heterocycles. The standard InChI is InChI=1S/C28H27ClN8OS2/c29-19-6-8-22(9-7-19)40-36-12-2-5-21(17-36)33-27-31-11-10-23(34-27)26-25(35-28-37(26)13-14-39-28)18-3-1-4-20(15-18)32-24(38)16-30/h1,3-4,6-11,13-15,21H,2,5,12,16-17,30H2,(H,32,38)(H,31,33,34)/t21-/m1/s1. The molecule has 4 heterocycles. The lowest BCUT2D eigenvalue weighted by Crippen LogP contribution is -2.38. The van der Waals surface area contributed by atoms with Crippen LogP contribution >= 0.6 is 34.9 Å². The molecule has 0 bridgehead atoms. The maximum absolute atomic E-state index is 11.9. The smallest absolute Gasteiger partial charge is 0.238 e. The Morgan fingerprint density at radius 2 is 2.05 bits per heavy atom. The Labute approximate surface area is 244 Å². The zero-order valence-corrected chi connectivity index (χ0v) is 23.8. The summed E-state index contributed by atoms with van der Waals surface area (Å²) in [5.41, 5.74) is 9.43. The third-order valence-electron chi connectivity index (χ3n) is 6.53. The Kier molecular flexibility index (Phi) is 7.98. The zero-order chi connectivity index (χ0) is 27.5. The second-order valence-corrected chi connectivity index (χ2v) is 11.9. The molecule has 0 radical (unpaired) electrons. The van der Waals surface area contributed by atoms with Crippen molar-refractivity contribution in [2.75, 3.05) is 30.3 Å². The lowest BCUT2D eigenvalue weighted by molar-refractivity contribution is -0.114. The summed E-state index contributed by atoms with van der Waals surface area (Å²) in [5, 5.41) is 9.13. The summed E-state index contributed by atoms with van der Waals surface area (Å²) in [7, 11) is 0. The van der Waals surface area contributed by atoms with Crippen molar-refractivity contribution in [3.8, 4) is 22.6 Å². The van der Waals surface area contributed by atoms with Gasteiger partial charge in [-0.1, -0.05) is 23.7 Å². The van der Waals surface area contributed by atoms with Crippen LogP contribution in [0.2, 0.25) is 5.02 Å². The first-order chi connectivity index (χ1) is 19.6. The van der Waals surface area contributed by atoms with Crippen molar-refractivity contribution in [1.82, 2.24) is 23.7 Å². The van der Waals surface area contributed by atoms with Crippen molar-refractivity contribution < 1.29 is 4.79 Å². The predicted octanol–water partition coefficient (Wildman–Crippen LogP) is 5.65. The molecule has 12 heteroatoms. The first-order valence-corrected chi connectivity index (χ1v) is 14.9. The van der Waals surface area contributed by atoms with E-state index in [4.69, 9.17) is 27.3 Å². The molecule has 0 unspecified atom stereocenters. The number of halogens is 1. The van der Waals surface area contributed by atoms with E-state index in [1.165, 1.54) is 4.90 Å². The molecule has 1 saturated heterocycles. The van der Waals surface area contributed by atoms with Crippen LogP contribution in [0, 0.1) is 0 Å². The predicted molar refractivity (Wildman–Crippen MR) is 163 cm³/mol. The van der Waals surface area contributed by atoms with Crippen LogP contribution in [-0.4, -0.2) is 55.2 Å². The molecule has 0 saturated carbocycles. The fourth-order valence-electron chi connectivity index (χ4n) is 4.72. The van der Waals surface area contributed by atoms with Crippen molar-refractivity contribution in [2.45, 2.75) is 23.8 Å². The van der Waals surface area contributed by atoms with Gasteiger partial charge in [0, 0.05) is 58.1 Å². The molecule has 0 spiro atoms. The molecule has 2 aromatic carbocycles. The number of piperidine rings is 1. The van der Waals surface area contributed by atoms with Gasteiger partial charge < -0.3 is 16.4 Å². The molecule has 204 valence electrons. The van der Waals surface area contributed by atoms with E-state index in [0.717, 1.165) is 58.6 Å². The van der Waals surface area contributed by atoms with E-state index >= 15 is 0 Å². The van der Waals surface area contributed by atoms with Gasteiger partial charge in [-0.05, 0) is 67.3 Å². The number of anilines is 2. The molecule has 40 heavy (non-hydrogen) atoms. The van der Waals surface area contributed by atoms with Gasteiger partial charge in [-0.2, -0.15) is 0 Å². The second kappa shape index (κ2) is 11.9. The maximum atomic E-state index is 11.9. The Hall–Kier alpha value is -3.48. The van der Waals surface area contributed by atoms with Gasteiger partial charge in [-0.3, -0.25) is 9.20 Å². The molecule has 3 aromatic heterocycles. The third kappa shape index (κ3) is 5.98. The SMILES string of the molecule is NCC(=O)Nc1cccc(-c2nc3sccn3c2-c2ccnc(N[C@@H]3CCCN(Sc4ccc(Cl)cc4)C3)n2)c1. The van der Waals surface area contributed by atoms with Crippen LogP contribution in [-0.2, 0) is 4.79 Å². The van der Waals surface area contributed by atoms with Crippen LogP contribution in [0.4, 0.5) is 11.6 Å². The van der Waals surface area contributed by atoms with Gasteiger partial charge in [0.15, 0.2) is 4.96 Å². The molecule has 1 atom stereocenters. The van der Waals surface area contributed by atoms with Crippen molar-refractivity contribution >= 4 is 57.4 Å². The minimum Gasteiger partial charge on any atom is -0.350 e. The Bertz CT molecular complexity index is 1640. The van der Waals surface area contributed by atoms with E-state index in [-0.39, 0.29) is 18.5 Å². The van der Waals surface area contributed by atoms with Crippen LogP contribution < -0.4 is 16.4 Å². The zero-order valence-electron chi connectivity index (χ0n) is 21.5. The summed E-state index contributed by atoms with van der Waals surface area (Å²) in [6.45, 7) is 1.81. The molecule has 1 amide bonds. The van der Waals surface area contributed by atoms with E-state index in [9.17, 15) is 4.79 Å². The fraction of sp³-hybridized carbons (Fsp3) is 0.214. The Morgan fingerprint density at radius 3 is 2.90 bits per heavy atom. The van der Waals surface area contributed by atoms with Crippen LogP contribution in [0.3, 0.4) is 0 Å². The summed E-state index contributed by atoms with van der Waals surface area (Å²) >= 11 is 9.35. The van der Waals surface area contributed by atoms with E-state index in [1.807, 2.05) is 70.6 Å². The van der Waals surface area contributed by atoms with Crippen LogP contribution in [0.15, 0.2) is 77.3 Å². The highest BCUT2D eigenvalue weighted by molar-refractivity contribution is 7.97. The van der Waals surface area contributed by atoms with Crippen molar-refractivity contribution in [3.63, 3.8) is 0 Å². The van der Waals surface area contributed by atoms with Crippen molar-refractivity contribution in [2.24, 2.45) is 5.73 Å². The molecule has 6 rings (SSSR count). The lowest BCUT2D eigenvalue weighted by Gasteiger charge is -2.32. The van der Waals surface area contributed by atoms with Gasteiger partial charge >= 0.3 is 0 Å². The number of nitrogens with zero attached hydrogens (tertiary/aromatic N) is 5. The molecule has 0 aliphatic carbocycles. The number of nitrogens with one attached hydrogen (secondary N) is 2. The van der Waals surface area contributed by atoms with Gasteiger partial charge in [0.1, 0.15) is 5.69 Å².